The molecule has 0 aliphatic heterocycles. The molecule has 0 fully saturated rings. The molecule has 7 nitrogen and oxygen atoms in total. The molecule has 2 N–H and O–H groups in total. The molecule has 2 aromatic carbocycles. The number of fused-ring (bicyclic) bond motifs is 1. The van der Waals surface area contributed by atoms with Gasteiger partial charge in [-0.25, -0.2) is 14.0 Å². The number of carbonyl (C=O) groups excluding carboxylic acids is 1. The molecule has 1 heterocycles. The molecule has 0 aliphatic rings. The number of hydrogen-bond acceptors (Lipinski definition) is 6. The number of anilines is 1. The summed E-state index contributed by atoms with van der Waals surface area (Å²) in [5.41, 5.74) is 6.88. The molecule has 1 aromatic heterocycles. The van der Waals surface area contributed by atoms with Gasteiger partial charge in [-0.15, -0.1) is 0 Å². The Kier molecular flexibility index (Phi) is 6.60. The Hall–Kier alpha value is -3.39. The van der Waals surface area contributed by atoms with E-state index in [-0.39, 0.29) is 17.9 Å². The third-order valence-corrected chi connectivity index (χ3v) is 5.11. The molecule has 0 saturated carbocycles. The van der Waals surface area contributed by atoms with Gasteiger partial charge in [-0.2, -0.15) is 0 Å². The Labute approximate surface area is 179 Å². The van der Waals surface area contributed by atoms with Crippen molar-refractivity contribution < 1.29 is 18.3 Å². The van der Waals surface area contributed by atoms with E-state index < -0.39 is 17.5 Å². The molecule has 0 aliphatic carbocycles. The number of halogens is 1. The maximum Gasteiger partial charge on any atom is 0.414 e. The van der Waals surface area contributed by atoms with Crippen molar-refractivity contribution in [3.8, 4) is 5.75 Å². The maximum absolute atomic E-state index is 14.5. The van der Waals surface area contributed by atoms with Crippen LogP contribution < -0.4 is 16.1 Å². The summed E-state index contributed by atoms with van der Waals surface area (Å²) < 4.78 is 25.3. The quantitative estimate of drug-likeness (QED) is 0.478. The minimum Gasteiger partial charge on any atom is -0.422 e. The number of benzene rings is 2. The number of amides is 1. The third kappa shape index (κ3) is 4.86. The first-order valence-electron chi connectivity index (χ1n) is 9.90. The van der Waals surface area contributed by atoms with Crippen molar-refractivity contribution in [1.29, 1.82) is 0 Å². The lowest BCUT2D eigenvalue weighted by Gasteiger charge is -2.19. The van der Waals surface area contributed by atoms with Crippen LogP contribution >= 0.6 is 0 Å². The van der Waals surface area contributed by atoms with E-state index >= 15 is 0 Å². The Bertz CT molecular complexity index is 1170. The zero-order valence-corrected chi connectivity index (χ0v) is 18.1. The van der Waals surface area contributed by atoms with Gasteiger partial charge in [0.05, 0.1) is 5.69 Å². The molecule has 0 atom stereocenters. The van der Waals surface area contributed by atoms with Gasteiger partial charge in [0.1, 0.15) is 17.1 Å². The highest BCUT2D eigenvalue weighted by Gasteiger charge is 2.19. The first-order chi connectivity index (χ1) is 14.7. The minimum atomic E-state index is -0.565. The topological polar surface area (TPSA) is 89.0 Å². The number of carbonyl (C=O) groups is 1. The number of hydrogen-bond donors (Lipinski definition) is 1. The van der Waals surface area contributed by atoms with E-state index in [1.165, 1.54) is 17.0 Å². The van der Waals surface area contributed by atoms with Gasteiger partial charge in [0.15, 0.2) is 0 Å². The van der Waals surface area contributed by atoms with Crippen molar-refractivity contribution >= 4 is 22.7 Å². The Morgan fingerprint density at radius 3 is 2.58 bits per heavy atom. The summed E-state index contributed by atoms with van der Waals surface area (Å²) in [5, 5.41) is 0.698. The predicted octanol–water partition coefficient (Wildman–Crippen LogP) is 3.62. The van der Waals surface area contributed by atoms with Crippen LogP contribution in [-0.4, -0.2) is 43.6 Å². The number of rotatable bonds is 6. The standard InChI is InChI=1S/C23H26FN3O4/c1-5-27(4)13-18-16-10-9-15(30-23(29)26(2)3)12-20(16)31-22(28)17(18)11-14-7-6-8-19(25)21(14)24/h6-10,12H,5,11,13,25H2,1-4H3. The van der Waals surface area contributed by atoms with Crippen molar-refractivity contribution in [3.05, 3.63) is 69.3 Å². The van der Waals surface area contributed by atoms with Crippen LogP contribution in [0.5, 0.6) is 5.75 Å². The summed E-state index contributed by atoms with van der Waals surface area (Å²) in [6.45, 7) is 3.23. The van der Waals surface area contributed by atoms with Crippen molar-refractivity contribution in [2.45, 2.75) is 19.9 Å². The molecular formula is C23H26FN3O4. The zero-order chi connectivity index (χ0) is 22.7. The first-order valence-corrected chi connectivity index (χ1v) is 9.90. The lowest BCUT2D eigenvalue weighted by molar-refractivity contribution is 0.172. The van der Waals surface area contributed by atoms with Crippen molar-refractivity contribution in [2.24, 2.45) is 0 Å². The number of ether oxygens (including phenoxy) is 1. The van der Waals surface area contributed by atoms with Crippen LogP contribution in [0.2, 0.25) is 0 Å². The second kappa shape index (κ2) is 9.18. The average Bonchev–Trinajstić information content (AvgIpc) is 2.73. The molecule has 0 spiro atoms. The van der Waals surface area contributed by atoms with Crippen LogP contribution in [0.4, 0.5) is 14.9 Å². The van der Waals surface area contributed by atoms with E-state index in [9.17, 15) is 14.0 Å². The van der Waals surface area contributed by atoms with Crippen molar-refractivity contribution in [3.63, 3.8) is 0 Å². The fourth-order valence-electron chi connectivity index (χ4n) is 3.21. The van der Waals surface area contributed by atoms with E-state index in [4.69, 9.17) is 14.9 Å². The highest BCUT2D eigenvalue weighted by Crippen LogP contribution is 2.28. The van der Waals surface area contributed by atoms with Crippen LogP contribution in [0.3, 0.4) is 0 Å². The lowest BCUT2D eigenvalue weighted by atomic mass is 9.97. The highest BCUT2D eigenvalue weighted by molar-refractivity contribution is 5.83. The fourth-order valence-corrected chi connectivity index (χ4v) is 3.21. The molecule has 0 saturated heterocycles. The summed E-state index contributed by atoms with van der Waals surface area (Å²) in [6, 6.07) is 9.63. The Morgan fingerprint density at radius 2 is 1.90 bits per heavy atom. The zero-order valence-electron chi connectivity index (χ0n) is 18.1. The Balaban J connectivity index is 2.13. The van der Waals surface area contributed by atoms with Crippen LogP contribution in [0, 0.1) is 5.82 Å². The van der Waals surface area contributed by atoms with Gasteiger partial charge in [0.25, 0.3) is 0 Å². The molecule has 3 rings (SSSR count). The number of nitrogens with two attached hydrogens (primary N) is 1. The minimum absolute atomic E-state index is 0.0299. The molecular weight excluding hydrogens is 401 g/mol. The van der Waals surface area contributed by atoms with Gasteiger partial charge in [0, 0.05) is 44.1 Å². The molecule has 3 aromatic rings. The summed E-state index contributed by atoms with van der Waals surface area (Å²) in [7, 11) is 5.08. The molecule has 31 heavy (non-hydrogen) atoms. The normalized spacial score (nSPS) is 11.2. The molecule has 164 valence electrons. The smallest absolute Gasteiger partial charge is 0.414 e. The van der Waals surface area contributed by atoms with Gasteiger partial charge in [0.2, 0.25) is 0 Å². The van der Waals surface area contributed by atoms with E-state index in [2.05, 4.69) is 0 Å². The third-order valence-electron chi connectivity index (χ3n) is 5.11. The van der Waals surface area contributed by atoms with Gasteiger partial charge in [-0.3, -0.25) is 0 Å². The largest absolute Gasteiger partial charge is 0.422 e. The van der Waals surface area contributed by atoms with E-state index in [1.54, 1.807) is 38.4 Å². The summed E-state index contributed by atoms with van der Waals surface area (Å²) >= 11 is 0. The SMILES string of the molecule is CCN(C)Cc1c(Cc2cccc(N)c2F)c(=O)oc2cc(OC(=O)N(C)C)ccc12. The van der Waals surface area contributed by atoms with E-state index in [0.717, 1.165) is 12.1 Å². The van der Waals surface area contributed by atoms with E-state index in [1.807, 2.05) is 18.9 Å². The number of nitrogens with zero attached hydrogens (tertiary/aromatic N) is 2. The summed E-state index contributed by atoms with van der Waals surface area (Å²) in [6.07, 6.45) is -0.485. The van der Waals surface area contributed by atoms with Crippen LogP contribution in [-0.2, 0) is 13.0 Å². The average molecular weight is 427 g/mol. The van der Waals surface area contributed by atoms with Gasteiger partial charge >= 0.3 is 11.7 Å². The molecule has 0 bridgehead atoms. The molecule has 0 unspecified atom stereocenters. The van der Waals surface area contributed by atoms with Crippen molar-refractivity contribution in [2.75, 3.05) is 33.4 Å². The fraction of sp³-hybridized carbons (Fsp3) is 0.304. The monoisotopic (exact) mass is 427 g/mol. The number of nitrogen functional groups attached to an aromatic ring is 1. The van der Waals surface area contributed by atoms with Gasteiger partial charge in [-0.05, 0) is 42.9 Å². The van der Waals surface area contributed by atoms with Gasteiger partial charge in [-0.1, -0.05) is 19.1 Å². The van der Waals surface area contributed by atoms with Crippen LogP contribution in [0.15, 0.2) is 45.6 Å². The summed E-state index contributed by atoms with van der Waals surface area (Å²) in [5.74, 6) is -0.276. The highest BCUT2D eigenvalue weighted by atomic mass is 19.1. The second-order valence-electron chi connectivity index (χ2n) is 7.59. The lowest BCUT2D eigenvalue weighted by Crippen LogP contribution is -2.25. The second-order valence-corrected chi connectivity index (χ2v) is 7.59. The van der Waals surface area contributed by atoms with Crippen LogP contribution in [0.25, 0.3) is 11.0 Å². The molecule has 8 heteroatoms. The summed E-state index contributed by atoms with van der Waals surface area (Å²) in [4.78, 5) is 28.1. The molecule has 0 radical (unpaired) electrons. The van der Waals surface area contributed by atoms with Crippen LogP contribution in [0.1, 0.15) is 23.6 Å². The first kappa shape index (κ1) is 22.3. The maximum atomic E-state index is 14.5. The van der Waals surface area contributed by atoms with Crippen molar-refractivity contribution in [1.82, 2.24) is 9.80 Å². The molecule has 1 amide bonds. The van der Waals surface area contributed by atoms with Gasteiger partial charge < -0.3 is 24.7 Å². The Morgan fingerprint density at radius 1 is 1.16 bits per heavy atom. The van der Waals surface area contributed by atoms with E-state index in [0.29, 0.717) is 28.6 Å². The predicted molar refractivity (Wildman–Crippen MR) is 118 cm³/mol.